The Morgan fingerprint density at radius 3 is 2.67 bits per heavy atom. The molecule has 1 rings (SSSR count). The molecule has 0 saturated carbocycles. The summed E-state index contributed by atoms with van der Waals surface area (Å²) in [5.41, 5.74) is 1.48. The molecular formula is C7H10BrClN2O. The third kappa shape index (κ3) is 1.65. The van der Waals surface area contributed by atoms with Gasteiger partial charge in [0, 0.05) is 17.9 Å². The summed E-state index contributed by atoms with van der Waals surface area (Å²) in [7, 11) is 1.75. The number of hydrogen-bond acceptors (Lipinski definition) is 2. The fourth-order valence-corrected chi connectivity index (χ4v) is 1.73. The van der Waals surface area contributed by atoms with E-state index in [0.29, 0.717) is 16.0 Å². The van der Waals surface area contributed by atoms with E-state index in [1.165, 1.54) is 0 Å². The number of nitrogens with zero attached hydrogens (tertiary/aromatic N) is 2. The van der Waals surface area contributed by atoms with E-state index in [0.717, 1.165) is 5.69 Å². The maximum Gasteiger partial charge on any atom is 0.132 e. The van der Waals surface area contributed by atoms with Crippen molar-refractivity contribution in [2.24, 2.45) is 7.05 Å². The Bertz CT molecular complexity index is 287. The second-order valence-corrected chi connectivity index (χ2v) is 3.59. The van der Waals surface area contributed by atoms with E-state index in [1.54, 1.807) is 11.7 Å². The number of rotatable bonds is 2. The molecule has 0 fully saturated rings. The first-order chi connectivity index (χ1) is 5.57. The molecule has 1 heterocycles. The largest absolute Gasteiger partial charge is 0.387 e. The minimum absolute atomic E-state index is 0.471. The summed E-state index contributed by atoms with van der Waals surface area (Å²) in [4.78, 5) is 0. The van der Waals surface area contributed by atoms with Crippen LogP contribution in [0.1, 0.15) is 17.4 Å². The Morgan fingerprint density at radius 2 is 2.33 bits per heavy atom. The lowest BCUT2D eigenvalue weighted by molar-refractivity contribution is 0.204. The maximum absolute atomic E-state index is 9.52. The maximum atomic E-state index is 9.52. The van der Waals surface area contributed by atoms with Crippen LogP contribution in [-0.4, -0.2) is 20.2 Å². The molecule has 0 aromatic carbocycles. The highest BCUT2D eigenvalue weighted by atomic mass is 79.9. The van der Waals surface area contributed by atoms with E-state index >= 15 is 0 Å². The zero-order valence-electron chi connectivity index (χ0n) is 6.88. The van der Waals surface area contributed by atoms with Gasteiger partial charge in [-0.3, -0.25) is 4.68 Å². The normalized spacial score (nSPS) is 13.4. The van der Waals surface area contributed by atoms with Gasteiger partial charge in [0.25, 0.3) is 0 Å². The first kappa shape index (κ1) is 10.0. The summed E-state index contributed by atoms with van der Waals surface area (Å²) in [6.07, 6.45) is -0.578. The van der Waals surface area contributed by atoms with Crippen LogP contribution in [0.15, 0.2) is 0 Å². The minimum Gasteiger partial charge on any atom is -0.387 e. The molecule has 1 N–H and O–H groups in total. The van der Waals surface area contributed by atoms with Crippen molar-refractivity contribution in [3.8, 4) is 0 Å². The summed E-state index contributed by atoms with van der Waals surface area (Å²) in [5, 5.41) is 14.6. The van der Waals surface area contributed by atoms with Crippen molar-refractivity contribution >= 4 is 27.5 Å². The summed E-state index contributed by atoms with van der Waals surface area (Å²) in [6.45, 7) is 1.83. The van der Waals surface area contributed by atoms with Gasteiger partial charge in [0.15, 0.2) is 0 Å². The lowest BCUT2D eigenvalue weighted by Gasteiger charge is -2.05. The molecule has 0 aliphatic heterocycles. The fourth-order valence-electron chi connectivity index (χ4n) is 1.10. The highest BCUT2D eigenvalue weighted by Crippen LogP contribution is 2.26. The SMILES string of the molecule is Cc1nn(C)c(Cl)c1C(O)CBr. The van der Waals surface area contributed by atoms with Gasteiger partial charge >= 0.3 is 0 Å². The molecule has 1 atom stereocenters. The van der Waals surface area contributed by atoms with E-state index in [2.05, 4.69) is 21.0 Å². The summed E-state index contributed by atoms with van der Waals surface area (Å²) >= 11 is 9.09. The Kier molecular flexibility index (Phi) is 3.15. The third-order valence-corrected chi connectivity index (χ3v) is 2.74. The summed E-state index contributed by atoms with van der Waals surface area (Å²) in [5.74, 6) is 0. The topological polar surface area (TPSA) is 38.0 Å². The lowest BCUT2D eigenvalue weighted by Crippen LogP contribution is -1.99. The van der Waals surface area contributed by atoms with E-state index in [9.17, 15) is 5.11 Å². The molecule has 12 heavy (non-hydrogen) atoms. The molecule has 0 radical (unpaired) electrons. The standard InChI is InChI=1S/C7H10BrClN2O/c1-4-6(5(12)3-8)7(9)11(2)10-4/h5,12H,3H2,1-2H3. The zero-order chi connectivity index (χ0) is 9.30. The van der Waals surface area contributed by atoms with Crippen LogP contribution < -0.4 is 0 Å². The smallest absolute Gasteiger partial charge is 0.132 e. The number of alkyl halides is 1. The first-order valence-corrected chi connectivity index (χ1v) is 5.01. The molecule has 0 spiro atoms. The molecule has 68 valence electrons. The summed E-state index contributed by atoms with van der Waals surface area (Å²) < 4.78 is 1.55. The Labute approximate surface area is 84.5 Å². The van der Waals surface area contributed by atoms with Gasteiger partial charge in [-0.05, 0) is 6.92 Å². The highest BCUT2D eigenvalue weighted by molar-refractivity contribution is 9.09. The second kappa shape index (κ2) is 3.77. The average molecular weight is 254 g/mol. The van der Waals surface area contributed by atoms with Gasteiger partial charge in [0.2, 0.25) is 0 Å². The van der Waals surface area contributed by atoms with E-state index in [4.69, 9.17) is 11.6 Å². The van der Waals surface area contributed by atoms with Crippen LogP contribution in [-0.2, 0) is 7.05 Å². The Hall–Kier alpha value is -0.0600. The number of hydrogen-bond donors (Lipinski definition) is 1. The number of aryl methyl sites for hydroxylation is 2. The predicted molar refractivity (Wildman–Crippen MR) is 51.7 cm³/mol. The average Bonchev–Trinajstić information content (AvgIpc) is 2.26. The molecule has 0 aliphatic carbocycles. The summed E-state index contributed by atoms with van der Waals surface area (Å²) in [6, 6.07) is 0. The number of aliphatic hydroxyl groups is 1. The quantitative estimate of drug-likeness (QED) is 0.817. The van der Waals surface area contributed by atoms with Gasteiger partial charge in [-0.15, -0.1) is 0 Å². The van der Waals surface area contributed by atoms with Gasteiger partial charge < -0.3 is 5.11 Å². The molecule has 0 amide bonds. The highest BCUT2D eigenvalue weighted by Gasteiger charge is 2.17. The van der Waals surface area contributed by atoms with Crippen molar-refractivity contribution in [2.75, 3.05) is 5.33 Å². The van der Waals surface area contributed by atoms with E-state index in [1.807, 2.05) is 6.92 Å². The van der Waals surface area contributed by atoms with Crippen LogP contribution in [0.2, 0.25) is 5.15 Å². The van der Waals surface area contributed by atoms with Crippen LogP contribution in [0.3, 0.4) is 0 Å². The molecule has 1 aromatic rings. The van der Waals surface area contributed by atoms with Gasteiger partial charge in [-0.1, -0.05) is 27.5 Å². The first-order valence-electron chi connectivity index (χ1n) is 3.51. The van der Waals surface area contributed by atoms with Gasteiger partial charge in [-0.25, -0.2) is 0 Å². The van der Waals surface area contributed by atoms with Crippen molar-refractivity contribution in [1.82, 2.24) is 9.78 Å². The van der Waals surface area contributed by atoms with Gasteiger partial charge in [0.05, 0.1) is 11.8 Å². The monoisotopic (exact) mass is 252 g/mol. The Balaban J connectivity index is 3.13. The molecule has 0 saturated heterocycles. The van der Waals surface area contributed by atoms with Crippen LogP contribution in [0.25, 0.3) is 0 Å². The molecule has 3 nitrogen and oxygen atoms in total. The molecule has 1 aromatic heterocycles. The predicted octanol–water partition coefficient (Wildman–Crippen LogP) is 1.81. The number of halogens is 2. The van der Waals surface area contributed by atoms with E-state index < -0.39 is 6.10 Å². The van der Waals surface area contributed by atoms with Crippen molar-refractivity contribution in [1.29, 1.82) is 0 Å². The molecular weight excluding hydrogens is 243 g/mol. The fraction of sp³-hybridized carbons (Fsp3) is 0.571. The van der Waals surface area contributed by atoms with Crippen LogP contribution in [0, 0.1) is 6.92 Å². The number of aliphatic hydroxyl groups excluding tert-OH is 1. The van der Waals surface area contributed by atoms with Gasteiger partial charge in [-0.2, -0.15) is 5.10 Å². The van der Waals surface area contributed by atoms with Crippen molar-refractivity contribution in [3.63, 3.8) is 0 Å². The molecule has 5 heteroatoms. The van der Waals surface area contributed by atoms with Crippen LogP contribution in [0.4, 0.5) is 0 Å². The van der Waals surface area contributed by atoms with Gasteiger partial charge in [0.1, 0.15) is 5.15 Å². The van der Waals surface area contributed by atoms with Crippen LogP contribution >= 0.6 is 27.5 Å². The second-order valence-electron chi connectivity index (χ2n) is 2.58. The van der Waals surface area contributed by atoms with E-state index in [-0.39, 0.29) is 0 Å². The lowest BCUT2D eigenvalue weighted by atomic mass is 10.2. The minimum atomic E-state index is -0.578. The Morgan fingerprint density at radius 1 is 1.75 bits per heavy atom. The number of aromatic nitrogens is 2. The molecule has 0 bridgehead atoms. The zero-order valence-corrected chi connectivity index (χ0v) is 9.22. The molecule has 0 aliphatic rings. The van der Waals surface area contributed by atoms with Crippen molar-refractivity contribution in [3.05, 3.63) is 16.4 Å². The van der Waals surface area contributed by atoms with Crippen LogP contribution in [0.5, 0.6) is 0 Å². The third-order valence-electron chi connectivity index (χ3n) is 1.68. The molecule has 1 unspecified atom stereocenters. The van der Waals surface area contributed by atoms with Crippen molar-refractivity contribution < 1.29 is 5.11 Å². The van der Waals surface area contributed by atoms with Crippen molar-refractivity contribution in [2.45, 2.75) is 13.0 Å².